The van der Waals surface area contributed by atoms with Gasteiger partial charge in [-0.3, -0.25) is 0 Å². The molecule has 2 aromatic heterocycles. The number of aryl methyl sites for hydroxylation is 2. The molecule has 6 nitrogen and oxygen atoms in total. The van der Waals surface area contributed by atoms with Gasteiger partial charge in [0.2, 0.25) is 10.0 Å². The zero-order valence-corrected chi connectivity index (χ0v) is 19.8. The van der Waals surface area contributed by atoms with E-state index in [0.29, 0.717) is 32.1 Å². The number of thiophene rings is 1. The summed E-state index contributed by atoms with van der Waals surface area (Å²) >= 11 is 1.86. The number of benzene rings is 1. The van der Waals surface area contributed by atoms with E-state index < -0.39 is 10.0 Å². The first-order chi connectivity index (χ1) is 15.6. The van der Waals surface area contributed by atoms with Crippen LogP contribution in [0.4, 0.5) is 5.82 Å². The van der Waals surface area contributed by atoms with Crippen molar-refractivity contribution in [3.05, 3.63) is 52.2 Å². The molecule has 0 radical (unpaired) electrons. The van der Waals surface area contributed by atoms with Crippen LogP contribution in [0.25, 0.3) is 10.2 Å². The lowest BCUT2D eigenvalue weighted by Crippen LogP contribution is -2.49. The Labute approximate surface area is 193 Å². The molecule has 168 valence electrons. The molecule has 32 heavy (non-hydrogen) atoms. The molecule has 0 N–H and O–H groups in total. The van der Waals surface area contributed by atoms with Crippen LogP contribution in [-0.2, 0) is 28.6 Å². The highest BCUT2D eigenvalue weighted by molar-refractivity contribution is 7.88. The van der Waals surface area contributed by atoms with E-state index in [1.807, 2.05) is 41.7 Å². The summed E-state index contributed by atoms with van der Waals surface area (Å²) in [6.45, 7) is 2.36. The maximum Gasteiger partial charge on any atom is 0.218 e. The number of rotatable bonds is 5. The lowest BCUT2D eigenvalue weighted by molar-refractivity contribution is 0.383. The number of sulfonamides is 1. The van der Waals surface area contributed by atoms with Crippen molar-refractivity contribution < 1.29 is 8.42 Å². The van der Waals surface area contributed by atoms with Crippen LogP contribution in [0.5, 0.6) is 0 Å². The number of piperazine rings is 1. The van der Waals surface area contributed by atoms with E-state index in [9.17, 15) is 8.42 Å². The first kappa shape index (κ1) is 20.6. The van der Waals surface area contributed by atoms with Crippen molar-refractivity contribution in [3.8, 4) is 0 Å². The summed E-state index contributed by atoms with van der Waals surface area (Å²) in [5.74, 6) is 2.61. The first-order valence-corrected chi connectivity index (χ1v) is 14.1. The van der Waals surface area contributed by atoms with Gasteiger partial charge in [-0.25, -0.2) is 18.4 Å². The number of aromatic nitrogens is 2. The maximum absolute atomic E-state index is 13.0. The molecule has 3 aliphatic rings. The Balaban J connectivity index is 1.27. The standard InChI is InChI=1S/C24H28N4O2S2/c29-32(30,16-17-6-2-1-3-7-17)28-14-12-27(13-15-28)23-21-19-8-4-5-9-20(19)31-24(21)26-22(25-23)18-10-11-18/h1-3,6-7,18H,4-5,8-16H2. The molecule has 0 atom stereocenters. The quantitative estimate of drug-likeness (QED) is 0.564. The van der Waals surface area contributed by atoms with E-state index in [-0.39, 0.29) is 5.75 Å². The Morgan fingerprint density at radius 3 is 2.47 bits per heavy atom. The first-order valence-electron chi connectivity index (χ1n) is 11.7. The Bertz CT molecular complexity index is 1240. The van der Waals surface area contributed by atoms with Gasteiger partial charge in [-0.1, -0.05) is 30.3 Å². The summed E-state index contributed by atoms with van der Waals surface area (Å²) in [4.78, 5) is 15.0. The molecule has 1 saturated carbocycles. The van der Waals surface area contributed by atoms with Crippen molar-refractivity contribution >= 4 is 37.4 Å². The van der Waals surface area contributed by atoms with Gasteiger partial charge < -0.3 is 4.90 Å². The van der Waals surface area contributed by atoms with Gasteiger partial charge in [0, 0.05) is 37.0 Å². The van der Waals surface area contributed by atoms with Crippen LogP contribution in [0.3, 0.4) is 0 Å². The van der Waals surface area contributed by atoms with Gasteiger partial charge in [0.1, 0.15) is 16.5 Å². The average molecular weight is 469 g/mol. The number of nitrogens with zero attached hydrogens (tertiary/aromatic N) is 4. The minimum Gasteiger partial charge on any atom is -0.353 e. The number of fused-ring (bicyclic) bond motifs is 3. The van der Waals surface area contributed by atoms with E-state index >= 15 is 0 Å². The topological polar surface area (TPSA) is 66.4 Å². The Morgan fingerprint density at radius 2 is 1.72 bits per heavy atom. The third-order valence-corrected chi connectivity index (χ3v) is 9.91. The van der Waals surface area contributed by atoms with Crippen LogP contribution in [0.1, 0.15) is 53.4 Å². The molecular weight excluding hydrogens is 440 g/mol. The van der Waals surface area contributed by atoms with E-state index in [1.165, 1.54) is 41.5 Å². The molecule has 2 aliphatic carbocycles. The van der Waals surface area contributed by atoms with Gasteiger partial charge in [-0.05, 0) is 49.7 Å². The smallest absolute Gasteiger partial charge is 0.218 e. The van der Waals surface area contributed by atoms with Crippen LogP contribution in [0.15, 0.2) is 30.3 Å². The fourth-order valence-electron chi connectivity index (χ4n) is 4.96. The average Bonchev–Trinajstić information content (AvgIpc) is 3.59. The Morgan fingerprint density at radius 1 is 0.969 bits per heavy atom. The molecule has 2 fully saturated rings. The summed E-state index contributed by atoms with van der Waals surface area (Å²) in [5, 5.41) is 1.25. The second kappa shape index (κ2) is 8.08. The maximum atomic E-state index is 13.0. The highest BCUT2D eigenvalue weighted by Gasteiger charge is 2.33. The monoisotopic (exact) mass is 468 g/mol. The van der Waals surface area contributed by atoms with E-state index in [4.69, 9.17) is 9.97 Å². The second-order valence-electron chi connectivity index (χ2n) is 9.20. The Hall–Kier alpha value is -2.03. The predicted octanol–water partition coefficient (Wildman–Crippen LogP) is 4.10. The molecule has 0 spiro atoms. The highest BCUT2D eigenvalue weighted by Crippen LogP contribution is 2.44. The van der Waals surface area contributed by atoms with Gasteiger partial charge in [-0.2, -0.15) is 4.31 Å². The Kier molecular flexibility index (Phi) is 5.19. The molecule has 3 heterocycles. The molecule has 1 aromatic carbocycles. The number of hydrogen-bond donors (Lipinski definition) is 0. The summed E-state index contributed by atoms with van der Waals surface area (Å²) in [6.07, 6.45) is 7.12. The third kappa shape index (κ3) is 3.82. The normalized spacial score (nSPS) is 19.9. The van der Waals surface area contributed by atoms with Crippen molar-refractivity contribution in [2.24, 2.45) is 0 Å². The zero-order valence-electron chi connectivity index (χ0n) is 18.2. The van der Waals surface area contributed by atoms with Crippen LogP contribution in [0, 0.1) is 0 Å². The lowest BCUT2D eigenvalue weighted by atomic mass is 9.97. The van der Waals surface area contributed by atoms with Crippen molar-refractivity contribution in [3.63, 3.8) is 0 Å². The number of hydrogen-bond acceptors (Lipinski definition) is 6. The van der Waals surface area contributed by atoms with Crippen molar-refractivity contribution in [1.82, 2.24) is 14.3 Å². The largest absolute Gasteiger partial charge is 0.353 e. The van der Waals surface area contributed by atoms with Gasteiger partial charge in [-0.15, -0.1) is 11.3 Å². The molecule has 8 heteroatoms. The van der Waals surface area contributed by atoms with E-state index in [1.54, 1.807) is 4.31 Å². The summed E-state index contributed by atoms with van der Waals surface area (Å²) in [5.41, 5.74) is 2.29. The summed E-state index contributed by atoms with van der Waals surface area (Å²) < 4.78 is 27.6. The van der Waals surface area contributed by atoms with Crippen molar-refractivity contribution in [2.75, 3.05) is 31.1 Å². The summed E-state index contributed by atoms with van der Waals surface area (Å²) in [7, 11) is -3.32. The van der Waals surface area contributed by atoms with Crippen LogP contribution < -0.4 is 4.90 Å². The molecule has 0 bridgehead atoms. The molecule has 1 aliphatic heterocycles. The second-order valence-corrected chi connectivity index (χ2v) is 12.3. The van der Waals surface area contributed by atoms with Crippen LogP contribution >= 0.6 is 11.3 Å². The molecule has 0 unspecified atom stereocenters. The fraction of sp³-hybridized carbons (Fsp3) is 0.500. The van der Waals surface area contributed by atoms with Gasteiger partial charge in [0.15, 0.2) is 0 Å². The molecule has 0 amide bonds. The zero-order chi connectivity index (χ0) is 21.7. The minimum atomic E-state index is -3.32. The molecular formula is C24H28N4O2S2. The molecule has 6 rings (SSSR count). The summed E-state index contributed by atoms with van der Waals surface area (Å²) in [6, 6.07) is 9.45. The van der Waals surface area contributed by atoms with Crippen molar-refractivity contribution in [2.45, 2.75) is 50.2 Å². The van der Waals surface area contributed by atoms with Gasteiger partial charge >= 0.3 is 0 Å². The third-order valence-electron chi connectivity index (χ3n) is 6.88. The van der Waals surface area contributed by atoms with E-state index in [2.05, 4.69) is 4.90 Å². The van der Waals surface area contributed by atoms with Gasteiger partial charge in [0.05, 0.1) is 11.1 Å². The van der Waals surface area contributed by atoms with Gasteiger partial charge in [0.25, 0.3) is 0 Å². The number of anilines is 1. The van der Waals surface area contributed by atoms with E-state index in [0.717, 1.165) is 34.9 Å². The highest BCUT2D eigenvalue weighted by atomic mass is 32.2. The molecule has 1 saturated heterocycles. The minimum absolute atomic E-state index is 0.0649. The van der Waals surface area contributed by atoms with Crippen molar-refractivity contribution in [1.29, 1.82) is 0 Å². The lowest BCUT2D eigenvalue weighted by Gasteiger charge is -2.35. The predicted molar refractivity (Wildman–Crippen MR) is 129 cm³/mol. The molecule has 3 aromatic rings. The fourth-order valence-corrected chi connectivity index (χ4v) is 7.74. The SMILES string of the molecule is O=S(=O)(Cc1ccccc1)N1CCN(c2nc(C3CC3)nc3sc4c(c23)CCCC4)CC1. The van der Waals surface area contributed by atoms with Crippen LogP contribution in [-0.4, -0.2) is 48.9 Å². The van der Waals surface area contributed by atoms with Crippen LogP contribution in [0.2, 0.25) is 0 Å².